The van der Waals surface area contributed by atoms with Crippen LogP contribution in [0.3, 0.4) is 0 Å². The van der Waals surface area contributed by atoms with E-state index in [1.165, 1.54) is 0 Å². The Morgan fingerprint density at radius 1 is 0.667 bits per heavy atom. The van der Waals surface area contributed by atoms with Crippen LogP contribution in [0.4, 0.5) is 0 Å². The SMILES string of the molecule is Cc1ccccc1-c1cccc(C)c1P(=O)(O)c1ccccc1C. The third kappa shape index (κ3) is 2.84. The van der Waals surface area contributed by atoms with E-state index in [4.69, 9.17) is 0 Å². The van der Waals surface area contributed by atoms with Crippen LogP contribution in [0.25, 0.3) is 11.1 Å². The zero-order valence-electron chi connectivity index (χ0n) is 14.2. The Labute approximate surface area is 143 Å². The fraction of sp³-hybridized carbons (Fsp3) is 0.143. The van der Waals surface area contributed by atoms with Gasteiger partial charge in [-0.25, -0.2) is 0 Å². The maximum Gasteiger partial charge on any atom is 0.259 e. The molecule has 0 heterocycles. The predicted octanol–water partition coefficient (Wildman–Crippen LogP) is 4.50. The number of rotatable bonds is 3. The first-order valence-corrected chi connectivity index (χ1v) is 9.64. The van der Waals surface area contributed by atoms with Gasteiger partial charge in [0.25, 0.3) is 7.37 Å². The minimum Gasteiger partial charge on any atom is -0.338 e. The maximum atomic E-state index is 13.5. The van der Waals surface area contributed by atoms with E-state index in [0.29, 0.717) is 10.6 Å². The van der Waals surface area contributed by atoms with Gasteiger partial charge in [-0.3, -0.25) is 4.57 Å². The molecule has 0 spiro atoms. The van der Waals surface area contributed by atoms with E-state index in [2.05, 4.69) is 0 Å². The minimum absolute atomic E-state index is 0.508. The van der Waals surface area contributed by atoms with E-state index < -0.39 is 7.37 Å². The lowest BCUT2D eigenvalue weighted by molar-refractivity contribution is 0.500. The highest BCUT2D eigenvalue weighted by Gasteiger charge is 2.30. The zero-order valence-corrected chi connectivity index (χ0v) is 15.0. The van der Waals surface area contributed by atoms with E-state index in [1.54, 1.807) is 6.07 Å². The standard InChI is InChI=1S/C21H21O2P/c1-15-9-4-6-12-18(15)19-13-8-11-17(3)21(19)24(22,23)20-14-7-5-10-16(20)2/h4-14H,1-3H3,(H,22,23). The average molecular weight is 336 g/mol. The molecule has 0 aliphatic carbocycles. The molecule has 2 nitrogen and oxygen atoms in total. The van der Waals surface area contributed by atoms with Crippen LogP contribution in [-0.2, 0) is 4.57 Å². The molecule has 0 saturated heterocycles. The van der Waals surface area contributed by atoms with Gasteiger partial charge in [0.2, 0.25) is 0 Å². The first kappa shape index (κ1) is 16.7. The van der Waals surface area contributed by atoms with Gasteiger partial charge >= 0.3 is 0 Å². The van der Waals surface area contributed by atoms with Gasteiger partial charge in [0.1, 0.15) is 0 Å². The van der Waals surface area contributed by atoms with Crippen LogP contribution >= 0.6 is 7.37 Å². The van der Waals surface area contributed by atoms with Crippen LogP contribution in [0.15, 0.2) is 66.7 Å². The fourth-order valence-corrected chi connectivity index (χ4v) is 5.33. The second kappa shape index (κ2) is 6.39. The summed E-state index contributed by atoms with van der Waals surface area (Å²) in [6, 6.07) is 21.1. The number of hydrogen-bond acceptors (Lipinski definition) is 1. The van der Waals surface area contributed by atoms with Crippen molar-refractivity contribution in [2.75, 3.05) is 0 Å². The van der Waals surface area contributed by atoms with E-state index >= 15 is 0 Å². The first-order valence-electron chi connectivity index (χ1n) is 7.98. The van der Waals surface area contributed by atoms with Crippen molar-refractivity contribution in [1.29, 1.82) is 0 Å². The summed E-state index contributed by atoms with van der Waals surface area (Å²) in [5.41, 5.74) is 4.60. The van der Waals surface area contributed by atoms with Crippen LogP contribution in [-0.4, -0.2) is 4.89 Å². The molecule has 1 unspecified atom stereocenters. The maximum absolute atomic E-state index is 13.5. The molecule has 3 aromatic carbocycles. The highest BCUT2D eigenvalue weighted by Crippen LogP contribution is 2.44. The van der Waals surface area contributed by atoms with Crippen LogP contribution in [0.5, 0.6) is 0 Å². The van der Waals surface area contributed by atoms with Crippen LogP contribution < -0.4 is 10.6 Å². The van der Waals surface area contributed by atoms with Gasteiger partial charge in [0.15, 0.2) is 0 Å². The summed E-state index contributed by atoms with van der Waals surface area (Å²) in [5.74, 6) is 0. The number of benzene rings is 3. The van der Waals surface area contributed by atoms with Gasteiger partial charge in [-0.2, -0.15) is 0 Å². The normalized spacial score (nSPS) is 13.5. The minimum atomic E-state index is -3.70. The number of aryl methyl sites for hydroxylation is 3. The van der Waals surface area contributed by atoms with Crippen molar-refractivity contribution in [3.63, 3.8) is 0 Å². The Morgan fingerprint density at radius 2 is 1.21 bits per heavy atom. The highest BCUT2D eigenvalue weighted by atomic mass is 31.2. The number of hydrogen-bond donors (Lipinski definition) is 1. The molecule has 122 valence electrons. The van der Waals surface area contributed by atoms with Crippen molar-refractivity contribution in [3.05, 3.63) is 83.4 Å². The van der Waals surface area contributed by atoms with E-state index in [-0.39, 0.29) is 0 Å². The second-order valence-corrected chi connectivity index (χ2v) is 8.23. The molecule has 0 bridgehead atoms. The fourth-order valence-electron chi connectivity index (χ4n) is 3.18. The lowest BCUT2D eigenvalue weighted by Gasteiger charge is -2.21. The summed E-state index contributed by atoms with van der Waals surface area (Å²) >= 11 is 0. The molecule has 1 atom stereocenters. The Balaban J connectivity index is 2.32. The summed E-state index contributed by atoms with van der Waals surface area (Å²) < 4.78 is 13.5. The van der Waals surface area contributed by atoms with Gasteiger partial charge in [-0.05, 0) is 54.7 Å². The monoisotopic (exact) mass is 336 g/mol. The highest BCUT2D eigenvalue weighted by molar-refractivity contribution is 7.74. The molecule has 0 aliphatic heterocycles. The van der Waals surface area contributed by atoms with Crippen molar-refractivity contribution in [1.82, 2.24) is 0 Å². The van der Waals surface area contributed by atoms with Crippen molar-refractivity contribution >= 4 is 18.0 Å². The van der Waals surface area contributed by atoms with Crippen LogP contribution in [0.2, 0.25) is 0 Å². The summed E-state index contributed by atoms with van der Waals surface area (Å²) in [6.07, 6.45) is 0. The lowest BCUT2D eigenvalue weighted by atomic mass is 9.99. The van der Waals surface area contributed by atoms with Crippen LogP contribution in [0, 0.1) is 20.8 Å². The molecule has 1 N–H and O–H groups in total. The molecule has 24 heavy (non-hydrogen) atoms. The van der Waals surface area contributed by atoms with Gasteiger partial charge in [-0.15, -0.1) is 0 Å². The van der Waals surface area contributed by atoms with Crippen molar-refractivity contribution in [2.24, 2.45) is 0 Å². The van der Waals surface area contributed by atoms with Crippen molar-refractivity contribution in [2.45, 2.75) is 20.8 Å². The van der Waals surface area contributed by atoms with E-state index in [0.717, 1.165) is 27.8 Å². The molecular formula is C21H21O2P. The Kier molecular flexibility index (Phi) is 4.45. The summed E-state index contributed by atoms with van der Waals surface area (Å²) in [4.78, 5) is 11.1. The largest absolute Gasteiger partial charge is 0.338 e. The average Bonchev–Trinajstić information content (AvgIpc) is 2.55. The molecule has 0 aliphatic rings. The molecule has 3 rings (SSSR count). The van der Waals surface area contributed by atoms with Gasteiger partial charge < -0.3 is 4.89 Å². The molecule has 0 amide bonds. The molecule has 0 radical (unpaired) electrons. The lowest BCUT2D eigenvalue weighted by Crippen LogP contribution is -2.22. The summed E-state index contributed by atoms with van der Waals surface area (Å²) in [7, 11) is -3.70. The molecule has 0 fully saturated rings. The smallest absolute Gasteiger partial charge is 0.259 e. The Hall–Kier alpha value is -2.15. The van der Waals surface area contributed by atoms with Gasteiger partial charge in [0.05, 0.1) is 5.30 Å². The Morgan fingerprint density at radius 3 is 1.88 bits per heavy atom. The topological polar surface area (TPSA) is 37.3 Å². The summed E-state index contributed by atoms with van der Waals surface area (Å²) in [5, 5.41) is 1.04. The summed E-state index contributed by atoms with van der Waals surface area (Å²) in [6.45, 7) is 5.81. The van der Waals surface area contributed by atoms with E-state index in [1.807, 2.05) is 81.4 Å². The van der Waals surface area contributed by atoms with Crippen molar-refractivity contribution in [3.8, 4) is 11.1 Å². The first-order chi connectivity index (χ1) is 11.4. The quantitative estimate of drug-likeness (QED) is 0.715. The molecular weight excluding hydrogens is 315 g/mol. The van der Waals surface area contributed by atoms with Gasteiger partial charge in [-0.1, -0.05) is 60.7 Å². The third-order valence-corrected chi connectivity index (χ3v) is 6.77. The van der Waals surface area contributed by atoms with Crippen LogP contribution in [0.1, 0.15) is 16.7 Å². The molecule has 3 heteroatoms. The van der Waals surface area contributed by atoms with E-state index in [9.17, 15) is 9.46 Å². The zero-order chi connectivity index (χ0) is 17.3. The van der Waals surface area contributed by atoms with Crippen molar-refractivity contribution < 1.29 is 9.46 Å². The Bertz CT molecular complexity index is 944. The second-order valence-electron chi connectivity index (χ2n) is 6.15. The molecule has 0 saturated carbocycles. The molecule has 3 aromatic rings. The molecule has 0 aromatic heterocycles. The predicted molar refractivity (Wildman–Crippen MR) is 102 cm³/mol. The van der Waals surface area contributed by atoms with Gasteiger partial charge in [0, 0.05) is 5.30 Å². The third-order valence-electron chi connectivity index (χ3n) is 4.42.